The lowest BCUT2D eigenvalue weighted by molar-refractivity contribution is 1.12. The van der Waals surface area contributed by atoms with E-state index in [2.05, 4.69) is 45.5 Å². The number of aryl methyl sites for hydroxylation is 1. The molecule has 0 amide bonds. The second-order valence-corrected chi connectivity index (χ2v) is 6.37. The zero-order chi connectivity index (χ0) is 14.2. The number of nitrogens with zero attached hydrogens (tertiary/aromatic N) is 2. The highest BCUT2D eigenvalue weighted by molar-refractivity contribution is 8.08. The number of nitrogens with one attached hydrogen (secondary N) is 1. The number of thioether (sulfide) groups is 1. The molecule has 104 valence electrons. The Labute approximate surface area is 127 Å². The Morgan fingerprint density at radius 3 is 2.86 bits per heavy atom. The predicted molar refractivity (Wildman–Crippen MR) is 89.0 cm³/mol. The van der Waals surface area contributed by atoms with Crippen molar-refractivity contribution in [1.82, 2.24) is 15.2 Å². The highest BCUT2D eigenvalue weighted by atomic mass is 32.2. The zero-order valence-electron chi connectivity index (χ0n) is 11.8. The molecule has 3 nitrogen and oxygen atoms in total. The van der Waals surface area contributed by atoms with Crippen LogP contribution < -0.4 is 0 Å². The van der Waals surface area contributed by atoms with E-state index in [1.807, 2.05) is 31.1 Å². The van der Waals surface area contributed by atoms with Crippen LogP contribution in [-0.4, -0.2) is 20.9 Å². The van der Waals surface area contributed by atoms with Gasteiger partial charge in [-0.2, -0.15) is 5.10 Å². The van der Waals surface area contributed by atoms with Crippen LogP contribution in [0.15, 0.2) is 42.7 Å². The fraction of sp³-hybridized carbons (Fsp3) is 0.176. The monoisotopic (exact) mass is 293 g/mol. The minimum Gasteiger partial charge on any atom is -0.278 e. The Balaban J connectivity index is 1.83. The first-order valence-corrected chi connectivity index (χ1v) is 8.02. The molecule has 1 aliphatic rings. The van der Waals surface area contributed by atoms with E-state index >= 15 is 0 Å². The molecule has 0 atom stereocenters. The summed E-state index contributed by atoms with van der Waals surface area (Å²) in [4.78, 5) is 5.79. The summed E-state index contributed by atoms with van der Waals surface area (Å²) in [6.45, 7) is 2.02. The van der Waals surface area contributed by atoms with Crippen molar-refractivity contribution in [1.29, 1.82) is 0 Å². The van der Waals surface area contributed by atoms with Gasteiger partial charge >= 0.3 is 0 Å². The molecule has 0 aliphatic carbocycles. The number of aromatic amines is 1. The van der Waals surface area contributed by atoms with Crippen LogP contribution in [0.1, 0.15) is 23.2 Å². The molecule has 2 aromatic heterocycles. The van der Waals surface area contributed by atoms with E-state index < -0.39 is 0 Å². The van der Waals surface area contributed by atoms with Gasteiger partial charge in [-0.1, -0.05) is 18.2 Å². The van der Waals surface area contributed by atoms with Gasteiger partial charge in [0.15, 0.2) is 0 Å². The Morgan fingerprint density at radius 2 is 2.00 bits per heavy atom. The van der Waals surface area contributed by atoms with Crippen molar-refractivity contribution >= 4 is 33.1 Å². The van der Waals surface area contributed by atoms with Crippen LogP contribution in [0.5, 0.6) is 0 Å². The fourth-order valence-corrected chi connectivity index (χ4v) is 3.91. The number of hydrogen-bond donors (Lipinski definition) is 1. The molecule has 1 aromatic carbocycles. The standard InChI is InChI=1S/C17H15N3S/c1-11-2-3-14(9-18-11)17-15(6-7-21-17)12-4-5-13-10-19-20-16(13)8-12/h2-5,8-10H,6-7H2,1H3,(H,19,20). The number of hydrogen-bond acceptors (Lipinski definition) is 3. The van der Waals surface area contributed by atoms with Crippen molar-refractivity contribution in [2.24, 2.45) is 0 Å². The minimum atomic E-state index is 1.06. The average Bonchev–Trinajstić information content (AvgIpc) is 3.16. The maximum Gasteiger partial charge on any atom is 0.0656 e. The number of H-pyrrole nitrogens is 1. The summed E-state index contributed by atoms with van der Waals surface area (Å²) in [5, 5.41) is 8.31. The van der Waals surface area contributed by atoms with Crippen molar-refractivity contribution in [2.75, 3.05) is 5.75 Å². The van der Waals surface area contributed by atoms with Crippen LogP contribution in [0.3, 0.4) is 0 Å². The molecule has 0 spiro atoms. The summed E-state index contributed by atoms with van der Waals surface area (Å²) in [6, 6.07) is 10.8. The molecule has 3 aromatic rings. The first kappa shape index (κ1) is 12.7. The van der Waals surface area contributed by atoms with Gasteiger partial charge in [-0.3, -0.25) is 10.1 Å². The molecular weight excluding hydrogens is 278 g/mol. The molecule has 0 radical (unpaired) electrons. The van der Waals surface area contributed by atoms with Crippen molar-refractivity contribution < 1.29 is 0 Å². The van der Waals surface area contributed by atoms with Crippen LogP contribution in [-0.2, 0) is 0 Å². The first-order valence-electron chi connectivity index (χ1n) is 7.04. The van der Waals surface area contributed by atoms with Crippen LogP contribution in [0, 0.1) is 6.92 Å². The molecule has 0 unspecified atom stereocenters. The largest absolute Gasteiger partial charge is 0.278 e. The third kappa shape index (κ3) is 2.25. The second-order valence-electron chi connectivity index (χ2n) is 5.27. The molecule has 0 saturated carbocycles. The van der Waals surface area contributed by atoms with Gasteiger partial charge in [0.1, 0.15) is 0 Å². The van der Waals surface area contributed by atoms with Crippen LogP contribution >= 0.6 is 11.8 Å². The van der Waals surface area contributed by atoms with Gasteiger partial charge in [0.05, 0.1) is 11.7 Å². The lowest BCUT2D eigenvalue weighted by atomic mass is 10.00. The number of fused-ring (bicyclic) bond motifs is 1. The number of rotatable bonds is 2. The molecule has 1 N–H and O–H groups in total. The minimum absolute atomic E-state index is 1.06. The van der Waals surface area contributed by atoms with Crippen molar-refractivity contribution in [3.05, 3.63) is 59.5 Å². The van der Waals surface area contributed by atoms with Gasteiger partial charge in [-0.25, -0.2) is 0 Å². The molecule has 21 heavy (non-hydrogen) atoms. The SMILES string of the molecule is Cc1ccc(C2=C(c3ccc4cn[nH]c4c3)CCS2)cn1. The van der Waals surface area contributed by atoms with Crippen LogP contribution in [0.4, 0.5) is 0 Å². The average molecular weight is 293 g/mol. The lowest BCUT2D eigenvalue weighted by Gasteiger charge is -2.07. The normalized spacial score (nSPS) is 15.1. The topological polar surface area (TPSA) is 41.6 Å². The fourth-order valence-electron chi connectivity index (χ4n) is 2.72. The third-order valence-electron chi connectivity index (χ3n) is 3.84. The number of pyridine rings is 1. The van der Waals surface area contributed by atoms with E-state index in [1.165, 1.54) is 21.6 Å². The van der Waals surface area contributed by atoms with E-state index in [0.717, 1.165) is 28.8 Å². The quantitative estimate of drug-likeness (QED) is 0.767. The summed E-state index contributed by atoms with van der Waals surface area (Å²) < 4.78 is 0. The summed E-state index contributed by atoms with van der Waals surface area (Å²) >= 11 is 1.93. The van der Waals surface area contributed by atoms with E-state index in [0.29, 0.717) is 0 Å². The van der Waals surface area contributed by atoms with Crippen LogP contribution in [0.2, 0.25) is 0 Å². The molecule has 1 aliphatic heterocycles. The first-order chi connectivity index (χ1) is 10.3. The van der Waals surface area contributed by atoms with Gasteiger partial charge in [0.2, 0.25) is 0 Å². The van der Waals surface area contributed by atoms with E-state index in [9.17, 15) is 0 Å². The second kappa shape index (κ2) is 5.04. The Kier molecular flexibility index (Phi) is 3.04. The third-order valence-corrected chi connectivity index (χ3v) is 5.02. The zero-order valence-corrected chi connectivity index (χ0v) is 12.6. The number of allylic oxidation sites excluding steroid dienone is 1. The van der Waals surface area contributed by atoms with E-state index in [1.54, 1.807) is 0 Å². The highest BCUT2D eigenvalue weighted by Crippen LogP contribution is 2.44. The van der Waals surface area contributed by atoms with Crippen molar-refractivity contribution in [2.45, 2.75) is 13.3 Å². The van der Waals surface area contributed by atoms with E-state index in [4.69, 9.17) is 0 Å². The highest BCUT2D eigenvalue weighted by Gasteiger charge is 2.19. The Hall–Kier alpha value is -2.07. The Bertz CT molecular complexity index is 831. The smallest absolute Gasteiger partial charge is 0.0656 e. The molecular formula is C17H15N3S. The van der Waals surface area contributed by atoms with Gasteiger partial charge < -0.3 is 0 Å². The van der Waals surface area contributed by atoms with Gasteiger partial charge in [-0.05, 0) is 36.6 Å². The number of aromatic nitrogens is 3. The van der Waals surface area contributed by atoms with Gasteiger partial charge in [0.25, 0.3) is 0 Å². The van der Waals surface area contributed by atoms with Gasteiger partial charge in [-0.15, -0.1) is 11.8 Å². The molecule has 0 saturated heterocycles. The van der Waals surface area contributed by atoms with Crippen molar-refractivity contribution in [3.63, 3.8) is 0 Å². The molecule has 4 rings (SSSR count). The predicted octanol–water partition coefficient (Wildman–Crippen LogP) is 4.27. The van der Waals surface area contributed by atoms with Gasteiger partial charge in [0, 0.05) is 33.5 Å². The molecule has 4 heteroatoms. The summed E-state index contributed by atoms with van der Waals surface area (Å²) in [5.41, 5.74) is 6.08. The maximum absolute atomic E-state index is 4.43. The van der Waals surface area contributed by atoms with Crippen molar-refractivity contribution in [3.8, 4) is 0 Å². The summed E-state index contributed by atoms with van der Waals surface area (Å²) in [6.07, 6.45) is 4.95. The van der Waals surface area contributed by atoms with Crippen LogP contribution in [0.25, 0.3) is 21.4 Å². The maximum atomic E-state index is 4.43. The molecule has 0 bridgehead atoms. The summed E-state index contributed by atoms with van der Waals surface area (Å²) in [7, 11) is 0. The molecule has 3 heterocycles. The number of benzene rings is 1. The molecule has 0 fully saturated rings. The van der Waals surface area contributed by atoms with E-state index in [-0.39, 0.29) is 0 Å². The Morgan fingerprint density at radius 1 is 1.10 bits per heavy atom. The summed E-state index contributed by atoms with van der Waals surface area (Å²) in [5.74, 6) is 1.14. The lowest BCUT2D eigenvalue weighted by Crippen LogP contribution is -1.88.